The Labute approximate surface area is 144 Å². The first-order valence-electron chi connectivity index (χ1n) is 8.76. The van der Waals surface area contributed by atoms with Gasteiger partial charge in [-0.3, -0.25) is 4.90 Å². The Kier molecular flexibility index (Phi) is 3.96. The van der Waals surface area contributed by atoms with Crippen molar-refractivity contribution >= 4 is 5.57 Å². The Bertz CT molecular complexity index is 814. The lowest BCUT2D eigenvalue weighted by molar-refractivity contribution is 0.203. The van der Waals surface area contributed by atoms with Crippen LogP contribution in [0.15, 0.2) is 54.6 Å². The number of aryl methyl sites for hydroxylation is 1. The standard InChI is InChI=1S/C22H22N2/c1-16-7-8-18(14-23)11-22(16)19-12-20-9-10-21(13-19)24(20)15-17-5-3-2-4-6-17/h2-8,11-12,20-21H,9-10,13,15H2,1H3. The Morgan fingerprint density at radius 2 is 1.96 bits per heavy atom. The van der Waals surface area contributed by atoms with E-state index >= 15 is 0 Å². The second-order valence-electron chi connectivity index (χ2n) is 6.99. The van der Waals surface area contributed by atoms with E-state index in [1.807, 2.05) is 6.07 Å². The van der Waals surface area contributed by atoms with Crippen LogP contribution >= 0.6 is 0 Å². The van der Waals surface area contributed by atoms with Gasteiger partial charge in [0, 0.05) is 18.6 Å². The molecule has 1 fully saturated rings. The van der Waals surface area contributed by atoms with Crippen molar-refractivity contribution in [2.24, 2.45) is 0 Å². The van der Waals surface area contributed by atoms with Crippen LogP contribution in [0.4, 0.5) is 0 Å². The van der Waals surface area contributed by atoms with Crippen molar-refractivity contribution in [1.82, 2.24) is 4.90 Å². The first-order chi connectivity index (χ1) is 11.7. The average molecular weight is 314 g/mol. The number of fused-ring (bicyclic) bond motifs is 2. The molecular weight excluding hydrogens is 292 g/mol. The normalized spacial score (nSPS) is 22.9. The van der Waals surface area contributed by atoms with Gasteiger partial charge < -0.3 is 0 Å². The van der Waals surface area contributed by atoms with E-state index in [1.165, 1.54) is 35.1 Å². The van der Waals surface area contributed by atoms with E-state index < -0.39 is 0 Å². The van der Waals surface area contributed by atoms with E-state index in [1.54, 1.807) is 0 Å². The van der Waals surface area contributed by atoms with Gasteiger partial charge in [0.25, 0.3) is 0 Å². The number of rotatable bonds is 3. The predicted molar refractivity (Wildman–Crippen MR) is 97.3 cm³/mol. The van der Waals surface area contributed by atoms with Gasteiger partial charge in [0.1, 0.15) is 0 Å². The molecule has 0 amide bonds. The molecule has 2 nitrogen and oxygen atoms in total. The third kappa shape index (κ3) is 2.77. The molecule has 0 aromatic heterocycles. The maximum Gasteiger partial charge on any atom is 0.0991 e. The summed E-state index contributed by atoms with van der Waals surface area (Å²) in [5.41, 5.74) is 6.13. The van der Waals surface area contributed by atoms with Gasteiger partial charge in [0.15, 0.2) is 0 Å². The predicted octanol–water partition coefficient (Wildman–Crippen LogP) is 4.69. The summed E-state index contributed by atoms with van der Waals surface area (Å²) in [4.78, 5) is 2.66. The molecule has 0 saturated carbocycles. The Morgan fingerprint density at radius 1 is 1.12 bits per heavy atom. The number of benzene rings is 2. The van der Waals surface area contributed by atoms with E-state index in [0.717, 1.165) is 18.5 Å². The van der Waals surface area contributed by atoms with Crippen molar-refractivity contribution in [3.8, 4) is 6.07 Å². The summed E-state index contributed by atoms with van der Waals surface area (Å²) >= 11 is 0. The zero-order chi connectivity index (χ0) is 16.5. The molecule has 0 spiro atoms. The van der Waals surface area contributed by atoms with Gasteiger partial charge in [0.2, 0.25) is 0 Å². The fourth-order valence-corrected chi connectivity index (χ4v) is 4.20. The second-order valence-corrected chi connectivity index (χ2v) is 6.99. The van der Waals surface area contributed by atoms with E-state index in [2.05, 4.69) is 66.4 Å². The lowest BCUT2D eigenvalue weighted by Crippen LogP contribution is -2.37. The van der Waals surface area contributed by atoms with Crippen molar-refractivity contribution < 1.29 is 0 Å². The molecular formula is C22H22N2. The number of nitrogens with zero attached hydrogens (tertiary/aromatic N) is 2. The molecule has 2 heterocycles. The van der Waals surface area contributed by atoms with Gasteiger partial charge in [-0.25, -0.2) is 0 Å². The molecule has 2 unspecified atom stereocenters. The smallest absolute Gasteiger partial charge is 0.0991 e. The van der Waals surface area contributed by atoms with E-state index in [4.69, 9.17) is 0 Å². The zero-order valence-electron chi connectivity index (χ0n) is 14.1. The molecule has 24 heavy (non-hydrogen) atoms. The molecule has 2 aromatic carbocycles. The molecule has 2 aromatic rings. The molecule has 0 N–H and O–H groups in total. The van der Waals surface area contributed by atoms with Crippen LogP contribution in [0.5, 0.6) is 0 Å². The minimum Gasteiger partial charge on any atom is -0.289 e. The molecule has 2 atom stereocenters. The van der Waals surface area contributed by atoms with Crippen LogP contribution in [0, 0.1) is 18.3 Å². The van der Waals surface area contributed by atoms with Crippen LogP contribution < -0.4 is 0 Å². The van der Waals surface area contributed by atoms with Crippen LogP contribution in [0.25, 0.3) is 5.57 Å². The van der Waals surface area contributed by atoms with Crippen molar-refractivity contribution in [1.29, 1.82) is 5.26 Å². The van der Waals surface area contributed by atoms with E-state index in [0.29, 0.717) is 12.1 Å². The lowest BCUT2D eigenvalue weighted by Gasteiger charge is -2.34. The summed E-state index contributed by atoms with van der Waals surface area (Å²) in [7, 11) is 0. The topological polar surface area (TPSA) is 27.0 Å². The van der Waals surface area contributed by atoms with E-state index in [-0.39, 0.29) is 0 Å². The highest BCUT2D eigenvalue weighted by Gasteiger charge is 2.36. The Balaban J connectivity index is 1.61. The molecule has 2 bridgehead atoms. The van der Waals surface area contributed by atoms with Gasteiger partial charge >= 0.3 is 0 Å². The van der Waals surface area contributed by atoms with Crippen LogP contribution in [-0.2, 0) is 6.54 Å². The highest BCUT2D eigenvalue weighted by Crippen LogP contribution is 2.40. The first-order valence-corrected chi connectivity index (χ1v) is 8.76. The van der Waals surface area contributed by atoms with Crippen LogP contribution in [0.2, 0.25) is 0 Å². The van der Waals surface area contributed by atoms with Crippen molar-refractivity contribution in [2.75, 3.05) is 0 Å². The molecule has 120 valence electrons. The molecule has 2 heteroatoms. The van der Waals surface area contributed by atoms with Gasteiger partial charge in [-0.2, -0.15) is 5.26 Å². The number of nitriles is 1. The lowest BCUT2D eigenvalue weighted by atomic mass is 9.90. The van der Waals surface area contributed by atoms with Crippen LogP contribution in [0.1, 0.15) is 41.5 Å². The number of hydrogen-bond acceptors (Lipinski definition) is 2. The molecule has 0 radical (unpaired) electrons. The maximum atomic E-state index is 9.20. The van der Waals surface area contributed by atoms with Gasteiger partial charge in [-0.05, 0) is 60.6 Å². The monoisotopic (exact) mass is 314 g/mol. The molecule has 4 rings (SSSR count). The van der Waals surface area contributed by atoms with Gasteiger partial charge in [-0.15, -0.1) is 0 Å². The molecule has 1 saturated heterocycles. The minimum atomic E-state index is 0.532. The highest BCUT2D eigenvalue weighted by atomic mass is 15.2. The summed E-state index contributed by atoms with van der Waals surface area (Å²) in [5.74, 6) is 0. The fourth-order valence-electron chi connectivity index (χ4n) is 4.20. The molecule has 0 aliphatic carbocycles. The maximum absolute atomic E-state index is 9.20. The third-order valence-electron chi connectivity index (χ3n) is 5.46. The zero-order valence-corrected chi connectivity index (χ0v) is 14.1. The largest absolute Gasteiger partial charge is 0.289 e. The highest BCUT2D eigenvalue weighted by molar-refractivity contribution is 5.71. The SMILES string of the molecule is Cc1ccc(C#N)cc1C1=CC2CCC(C1)N2Cc1ccccc1. The van der Waals surface area contributed by atoms with Crippen molar-refractivity contribution in [2.45, 2.75) is 44.8 Å². The summed E-state index contributed by atoms with van der Waals surface area (Å²) in [5, 5.41) is 9.20. The van der Waals surface area contributed by atoms with E-state index in [9.17, 15) is 5.26 Å². The first kappa shape index (κ1) is 15.2. The summed E-state index contributed by atoms with van der Waals surface area (Å²) in [6, 6.07) is 20.3. The molecule has 2 aliphatic heterocycles. The summed E-state index contributed by atoms with van der Waals surface area (Å²) in [6.45, 7) is 3.19. The Hall–Kier alpha value is -2.37. The van der Waals surface area contributed by atoms with Gasteiger partial charge in [0.05, 0.1) is 11.6 Å². The quantitative estimate of drug-likeness (QED) is 0.822. The van der Waals surface area contributed by atoms with Crippen molar-refractivity contribution in [3.63, 3.8) is 0 Å². The fraction of sp³-hybridized carbons (Fsp3) is 0.318. The van der Waals surface area contributed by atoms with Crippen LogP contribution in [0.3, 0.4) is 0 Å². The molecule has 2 aliphatic rings. The Morgan fingerprint density at radius 3 is 2.71 bits per heavy atom. The van der Waals surface area contributed by atoms with Gasteiger partial charge in [-0.1, -0.05) is 42.5 Å². The minimum absolute atomic E-state index is 0.532. The summed E-state index contributed by atoms with van der Waals surface area (Å²) in [6.07, 6.45) is 6.07. The average Bonchev–Trinajstić information content (AvgIpc) is 2.84. The third-order valence-corrected chi connectivity index (χ3v) is 5.46. The van der Waals surface area contributed by atoms with Crippen LogP contribution in [-0.4, -0.2) is 17.0 Å². The number of hydrogen-bond donors (Lipinski definition) is 0. The summed E-state index contributed by atoms with van der Waals surface area (Å²) < 4.78 is 0. The second kappa shape index (κ2) is 6.26. The van der Waals surface area contributed by atoms with Crippen molar-refractivity contribution in [3.05, 3.63) is 76.9 Å².